The van der Waals surface area contributed by atoms with E-state index < -0.39 is 0 Å². The van der Waals surface area contributed by atoms with E-state index in [0.717, 1.165) is 41.6 Å². The summed E-state index contributed by atoms with van der Waals surface area (Å²) in [7, 11) is 0. The number of anilines is 2. The lowest BCUT2D eigenvalue weighted by molar-refractivity contribution is 0.102. The largest absolute Gasteiger partial charge is 0.322 e. The maximum Gasteiger partial charge on any atom is 0.258 e. The van der Waals surface area contributed by atoms with E-state index in [4.69, 9.17) is 0 Å². The fraction of sp³-hybridized carbons (Fsp3) is 0.280. The smallest absolute Gasteiger partial charge is 0.258 e. The fourth-order valence-corrected chi connectivity index (χ4v) is 5.26. The first-order chi connectivity index (χ1) is 14.4. The number of amides is 2. The van der Waals surface area contributed by atoms with E-state index in [1.807, 2.05) is 62.4 Å². The van der Waals surface area contributed by atoms with Gasteiger partial charge >= 0.3 is 0 Å². The molecule has 0 unspecified atom stereocenters. The summed E-state index contributed by atoms with van der Waals surface area (Å²) in [5.74, 6) is 0.242. The Hall–Kier alpha value is -2.92. The van der Waals surface area contributed by atoms with Crippen molar-refractivity contribution >= 4 is 33.8 Å². The molecular weight excluding hydrogens is 392 g/mol. The Morgan fingerprint density at radius 1 is 0.967 bits per heavy atom. The van der Waals surface area contributed by atoms with Crippen LogP contribution in [-0.2, 0) is 12.8 Å². The van der Waals surface area contributed by atoms with Gasteiger partial charge in [0.05, 0.1) is 5.56 Å². The maximum atomic E-state index is 13.3. The molecule has 4 rings (SSSR count). The molecule has 0 radical (unpaired) electrons. The zero-order valence-corrected chi connectivity index (χ0v) is 18.4. The molecule has 2 N–H and O–H groups in total. The van der Waals surface area contributed by atoms with Gasteiger partial charge in [0.1, 0.15) is 5.00 Å². The first kappa shape index (κ1) is 20.4. The third-order valence-corrected chi connectivity index (χ3v) is 6.84. The van der Waals surface area contributed by atoms with Crippen LogP contribution in [0.25, 0.3) is 0 Å². The molecule has 1 atom stereocenters. The lowest BCUT2D eigenvalue weighted by Gasteiger charge is -2.19. The van der Waals surface area contributed by atoms with Crippen LogP contribution in [0.1, 0.15) is 55.6 Å². The number of thiophene rings is 1. The highest BCUT2D eigenvalue weighted by molar-refractivity contribution is 7.17. The molecule has 0 saturated heterocycles. The van der Waals surface area contributed by atoms with Crippen molar-refractivity contribution in [1.82, 2.24) is 0 Å². The van der Waals surface area contributed by atoms with Gasteiger partial charge in [0, 0.05) is 16.1 Å². The standard InChI is InChI=1S/C25H26N2O2S/c1-15-8-11-18(12-9-15)23(28)27-25-22(19-13-10-16(2)14-21(19)30-25)24(29)26-20-7-5-4-6-17(20)3/h4-9,11-12,16H,10,13-14H2,1-3H3,(H,26,29)(H,27,28)/t16-/m1/s1. The van der Waals surface area contributed by atoms with Gasteiger partial charge in [0.25, 0.3) is 11.8 Å². The summed E-state index contributed by atoms with van der Waals surface area (Å²) in [6.07, 6.45) is 2.87. The van der Waals surface area contributed by atoms with E-state index in [-0.39, 0.29) is 11.8 Å². The molecule has 1 aliphatic rings. The maximum absolute atomic E-state index is 13.3. The van der Waals surface area contributed by atoms with Gasteiger partial charge in [-0.3, -0.25) is 9.59 Å². The zero-order chi connectivity index (χ0) is 21.3. The average Bonchev–Trinajstić information content (AvgIpc) is 3.07. The van der Waals surface area contributed by atoms with Gasteiger partial charge in [-0.15, -0.1) is 11.3 Å². The number of carbonyl (C=O) groups is 2. The van der Waals surface area contributed by atoms with Crippen molar-refractivity contribution in [2.24, 2.45) is 5.92 Å². The van der Waals surface area contributed by atoms with Gasteiger partial charge in [-0.05, 0) is 68.4 Å². The number of para-hydroxylation sites is 1. The van der Waals surface area contributed by atoms with Crippen LogP contribution < -0.4 is 10.6 Å². The molecule has 1 aliphatic carbocycles. The molecule has 0 bridgehead atoms. The average molecular weight is 419 g/mol. The molecule has 2 amide bonds. The third kappa shape index (κ3) is 4.17. The van der Waals surface area contributed by atoms with E-state index in [1.54, 1.807) is 11.3 Å². The van der Waals surface area contributed by atoms with Crippen LogP contribution in [0.15, 0.2) is 48.5 Å². The van der Waals surface area contributed by atoms with Gasteiger partial charge in [0.2, 0.25) is 0 Å². The summed E-state index contributed by atoms with van der Waals surface area (Å²) < 4.78 is 0. The topological polar surface area (TPSA) is 58.2 Å². The molecule has 1 heterocycles. The molecular formula is C25H26N2O2S. The van der Waals surface area contributed by atoms with Gasteiger partial charge < -0.3 is 10.6 Å². The molecule has 4 nitrogen and oxygen atoms in total. The van der Waals surface area contributed by atoms with Crippen molar-refractivity contribution in [3.05, 3.63) is 81.2 Å². The lowest BCUT2D eigenvalue weighted by Crippen LogP contribution is -2.19. The second-order valence-electron chi connectivity index (χ2n) is 8.15. The molecule has 154 valence electrons. The zero-order valence-electron chi connectivity index (χ0n) is 17.5. The number of hydrogen-bond donors (Lipinski definition) is 2. The summed E-state index contributed by atoms with van der Waals surface area (Å²) >= 11 is 1.54. The SMILES string of the molecule is Cc1ccc(C(=O)Nc2sc3c(c2C(=O)Nc2ccccc2C)CC[C@@H](C)C3)cc1. The van der Waals surface area contributed by atoms with Crippen LogP contribution in [0.3, 0.4) is 0 Å². The summed E-state index contributed by atoms with van der Waals surface area (Å²) in [6.45, 7) is 6.20. The number of nitrogens with one attached hydrogen (secondary N) is 2. The number of aryl methyl sites for hydroxylation is 2. The van der Waals surface area contributed by atoms with E-state index in [2.05, 4.69) is 17.6 Å². The fourth-order valence-electron chi connectivity index (χ4n) is 3.86. The van der Waals surface area contributed by atoms with Gasteiger partial charge in [-0.25, -0.2) is 0 Å². The highest BCUT2D eigenvalue weighted by Gasteiger charge is 2.28. The normalized spacial score (nSPS) is 15.4. The van der Waals surface area contributed by atoms with Crippen LogP contribution in [0.4, 0.5) is 10.7 Å². The lowest BCUT2D eigenvalue weighted by atomic mass is 9.88. The second-order valence-corrected chi connectivity index (χ2v) is 9.25. The first-order valence-corrected chi connectivity index (χ1v) is 11.1. The minimum atomic E-state index is -0.188. The molecule has 1 aromatic heterocycles. The minimum Gasteiger partial charge on any atom is -0.322 e. The summed E-state index contributed by atoms with van der Waals surface area (Å²) in [5.41, 5.74) is 5.20. The Bertz CT molecular complexity index is 1100. The number of carbonyl (C=O) groups excluding carboxylic acids is 2. The van der Waals surface area contributed by atoms with E-state index >= 15 is 0 Å². The Balaban J connectivity index is 1.67. The number of rotatable bonds is 4. The Morgan fingerprint density at radius 3 is 2.43 bits per heavy atom. The first-order valence-electron chi connectivity index (χ1n) is 10.3. The molecule has 30 heavy (non-hydrogen) atoms. The van der Waals surface area contributed by atoms with E-state index in [0.29, 0.717) is 22.0 Å². The Morgan fingerprint density at radius 2 is 1.70 bits per heavy atom. The van der Waals surface area contributed by atoms with Crippen molar-refractivity contribution in [3.63, 3.8) is 0 Å². The van der Waals surface area contributed by atoms with Crippen molar-refractivity contribution in [3.8, 4) is 0 Å². The molecule has 2 aromatic carbocycles. The summed E-state index contributed by atoms with van der Waals surface area (Å²) in [4.78, 5) is 27.4. The quantitative estimate of drug-likeness (QED) is 0.546. The number of hydrogen-bond acceptors (Lipinski definition) is 3. The van der Waals surface area contributed by atoms with Crippen molar-refractivity contribution in [2.45, 2.75) is 40.0 Å². The van der Waals surface area contributed by atoms with Crippen LogP contribution in [0, 0.1) is 19.8 Å². The van der Waals surface area contributed by atoms with Gasteiger partial charge in [-0.2, -0.15) is 0 Å². The predicted octanol–water partition coefficient (Wildman–Crippen LogP) is 5.99. The molecule has 0 spiro atoms. The van der Waals surface area contributed by atoms with Gasteiger partial charge in [-0.1, -0.05) is 42.8 Å². The van der Waals surface area contributed by atoms with Crippen molar-refractivity contribution < 1.29 is 9.59 Å². The van der Waals surface area contributed by atoms with E-state index in [1.165, 1.54) is 4.88 Å². The molecule has 5 heteroatoms. The van der Waals surface area contributed by atoms with Crippen LogP contribution in [0.2, 0.25) is 0 Å². The van der Waals surface area contributed by atoms with Gasteiger partial charge in [0.15, 0.2) is 0 Å². The molecule has 0 aliphatic heterocycles. The highest BCUT2D eigenvalue weighted by atomic mass is 32.1. The van der Waals surface area contributed by atoms with Crippen molar-refractivity contribution in [2.75, 3.05) is 10.6 Å². The Kier molecular flexibility index (Phi) is 5.73. The monoisotopic (exact) mass is 418 g/mol. The third-order valence-electron chi connectivity index (χ3n) is 5.67. The molecule has 3 aromatic rings. The van der Waals surface area contributed by atoms with Crippen LogP contribution in [-0.4, -0.2) is 11.8 Å². The Labute approximate surface area is 181 Å². The summed E-state index contributed by atoms with van der Waals surface area (Å²) in [5, 5.41) is 6.71. The van der Waals surface area contributed by atoms with Crippen LogP contribution in [0.5, 0.6) is 0 Å². The highest BCUT2D eigenvalue weighted by Crippen LogP contribution is 2.40. The summed E-state index contributed by atoms with van der Waals surface area (Å²) in [6, 6.07) is 15.2. The van der Waals surface area contributed by atoms with E-state index in [9.17, 15) is 9.59 Å². The molecule has 0 saturated carbocycles. The van der Waals surface area contributed by atoms with Crippen LogP contribution >= 0.6 is 11.3 Å². The minimum absolute atomic E-state index is 0.157. The second kappa shape index (κ2) is 8.44. The van der Waals surface area contributed by atoms with Crippen molar-refractivity contribution in [1.29, 1.82) is 0 Å². The number of benzene rings is 2. The number of fused-ring (bicyclic) bond motifs is 1. The predicted molar refractivity (Wildman–Crippen MR) is 124 cm³/mol. The molecule has 0 fully saturated rings.